The van der Waals surface area contributed by atoms with Crippen molar-refractivity contribution >= 4 is 11.8 Å². The second-order valence-electron chi connectivity index (χ2n) is 4.56. The van der Waals surface area contributed by atoms with Crippen LogP contribution in [0.2, 0.25) is 0 Å². The van der Waals surface area contributed by atoms with Crippen LogP contribution in [-0.4, -0.2) is 25.6 Å². The maximum absolute atomic E-state index is 9.83. The van der Waals surface area contributed by atoms with Crippen LogP contribution in [0.3, 0.4) is 0 Å². The Bertz CT molecular complexity index is 373. The molecule has 88 valence electrons. The van der Waals surface area contributed by atoms with Gasteiger partial charge in [0.25, 0.3) is 0 Å². The first-order valence-electron chi connectivity index (χ1n) is 6.09. The Morgan fingerprint density at radius 3 is 2.94 bits per heavy atom. The molecule has 1 aromatic heterocycles. The zero-order valence-corrected chi connectivity index (χ0v) is 10.1. The molecule has 1 aromatic rings. The highest BCUT2D eigenvalue weighted by molar-refractivity contribution is 7.99. The van der Waals surface area contributed by atoms with Gasteiger partial charge in [-0.2, -0.15) is 16.9 Å². The number of hydrogen-bond acceptors (Lipinski definition) is 4. The normalized spacial score (nSPS) is 30.1. The first-order chi connectivity index (χ1) is 7.84. The van der Waals surface area contributed by atoms with Crippen LogP contribution in [-0.2, 0) is 6.42 Å². The van der Waals surface area contributed by atoms with Gasteiger partial charge in [-0.15, -0.1) is 0 Å². The molecule has 2 atom stereocenters. The molecule has 2 aliphatic heterocycles. The van der Waals surface area contributed by atoms with Crippen LogP contribution in [0, 0.1) is 0 Å². The zero-order valence-electron chi connectivity index (χ0n) is 9.30. The largest absolute Gasteiger partial charge is 0.372 e. The molecule has 0 radical (unpaired) electrons. The third-order valence-electron chi connectivity index (χ3n) is 3.33. The fourth-order valence-electron chi connectivity index (χ4n) is 2.43. The molecule has 5 heteroatoms. The summed E-state index contributed by atoms with van der Waals surface area (Å²) < 4.78 is 1.73. The number of aromatic nitrogens is 3. The van der Waals surface area contributed by atoms with Crippen molar-refractivity contribution in [1.29, 1.82) is 0 Å². The summed E-state index contributed by atoms with van der Waals surface area (Å²) in [5.74, 6) is 3.14. The lowest BCUT2D eigenvalue weighted by Crippen LogP contribution is -2.18. The Hall–Kier alpha value is -0.550. The van der Waals surface area contributed by atoms with Gasteiger partial charge in [-0.05, 0) is 31.4 Å². The van der Waals surface area contributed by atoms with Gasteiger partial charge < -0.3 is 5.11 Å². The van der Waals surface area contributed by atoms with Crippen LogP contribution < -0.4 is 0 Å². The van der Waals surface area contributed by atoms with Gasteiger partial charge in [0.05, 0.1) is 5.25 Å². The Morgan fingerprint density at radius 2 is 2.19 bits per heavy atom. The van der Waals surface area contributed by atoms with Crippen molar-refractivity contribution in [2.24, 2.45) is 0 Å². The Morgan fingerprint density at radius 1 is 1.25 bits per heavy atom. The highest BCUT2D eigenvalue weighted by Gasteiger charge is 2.25. The summed E-state index contributed by atoms with van der Waals surface area (Å²) in [4.78, 5) is 4.60. The fourth-order valence-corrected chi connectivity index (χ4v) is 3.67. The molecule has 0 amide bonds. The molecule has 2 unspecified atom stereocenters. The van der Waals surface area contributed by atoms with Crippen molar-refractivity contribution in [3.63, 3.8) is 0 Å². The summed E-state index contributed by atoms with van der Waals surface area (Å²) in [5.41, 5.74) is 0. The summed E-state index contributed by atoms with van der Waals surface area (Å²) >= 11 is 1.96. The van der Waals surface area contributed by atoms with E-state index in [1.807, 2.05) is 11.8 Å². The second-order valence-corrected chi connectivity index (χ2v) is 5.87. The van der Waals surface area contributed by atoms with Crippen LogP contribution in [0.15, 0.2) is 0 Å². The van der Waals surface area contributed by atoms with Gasteiger partial charge >= 0.3 is 0 Å². The van der Waals surface area contributed by atoms with Crippen LogP contribution in [0.25, 0.3) is 0 Å². The molecule has 0 aromatic carbocycles. The van der Waals surface area contributed by atoms with E-state index < -0.39 is 6.23 Å². The highest BCUT2D eigenvalue weighted by atomic mass is 32.2. The van der Waals surface area contributed by atoms with E-state index in [9.17, 15) is 5.11 Å². The monoisotopic (exact) mass is 239 g/mol. The molecule has 3 heterocycles. The summed E-state index contributed by atoms with van der Waals surface area (Å²) in [7, 11) is 0. The lowest BCUT2D eigenvalue weighted by Gasteiger charge is -2.18. The maximum atomic E-state index is 9.83. The first-order valence-corrected chi connectivity index (χ1v) is 7.14. The number of thioether (sulfide) groups is 1. The van der Waals surface area contributed by atoms with Crippen molar-refractivity contribution in [1.82, 2.24) is 14.8 Å². The number of aryl methyl sites for hydroxylation is 1. The molecule has 0 bridgehead atoms. The molecule has 1 saturated heterocycles. The van der Waals surface area contributed by atoms with E-state index in [1.54, 1.807) is 4.68 Å². The third kappa shape index (κ3) is 1.86. The standard InChI is InChI=1S/C11H17N3OS/c15-10-6-3-5-9-12-11(13-14(9)10)8-4-1-2-7-16-8/h8,10,15H,1-7H2. The van der Waals surface area contributed by atoms with E-state index in [2.05, 4.69) is 10.1 Å². The summed E-state index contributed by atoms with van der Waals surface area (Å²) in [5, 5.41) is 14.8. The van der Waals surface area contributed by atoms with Crippen LogP contribution in [0.4, 0.5) is 0 Å². The van der Waals surface area contributed by atoms with Crippen molar-refractivity contribution in [3.05, 3.63) is 11.6 Å². The van der Waals surface area contributed by atoms with E-state index in [1.165, 1.54) is 25.0 Å². The Labute approximate surface area is 99.4 Å². The van der Waals surface area contributed by atoms with Gasteiger partial charge in [-0.3, -0.25) is 0 Å². The quantitative estimate of drug-likeness (QED) is 0.815. The van der Waals surface area contributed by atoms with E-state index in [0.717, 1.165) is 30.9 Å². The zero-order chi connectivity index (χ0) is 11.0. The van der Waals surface area contributed by atoms with Crippen molar-refractivity contribution in [2.45, 2.75) is 50.0 Å². The minimum Gasteiger partial charge on any atom is -0.372 e. The molecular formula is C11H17N3OS. The molecule has 1 N–H and O–H groups in total. The van der Waals surface area contributed by atoms with E-state index in [4.69, 9.17) is 0 Å². The smallest absolute Gasteiger partial charge is 0.163 e. The molecule has 4 nitrogen and oxygen atoms in total. The fraction of sp³-hybridized carbons (Fsp3) is 0.818. The van der Waals surface area contributed by atoms with Crippen LogP contribution in [0.1, 0.15) is 55.2 Å². The minimum absolute atomic E-state index is 0.446. The topological polar surface area (TPSA) is 50.9 Å². The Balaban J connectivity index is 1.85. The molecule has 0 spiro atoms. The second kappa shape index (κ2) is 4.37. The molecule has 0 saturated carbocycles. The Kier molecular flexibility index (Phi) is 2.90. The summed E-state index contributed by atoms with van der Waals surface area (Å²) in [6.45, 7) is 0. The SMILES string of the molecule is OC1CCCc2nc(C3CCCCS3)nn21. The highest BCUT2D eigenvalue weighted by Crippen LogP contribution is 2.37. The van der Waals surface area contributed by atoms with Gasteiger partial charge in [-0.1, -0.05) is 6.42 Å². The van der Waals surface area contributed by atoms with Gasteiger partial charge in [-0.25, -0.2) is 9.67 Å². The average Bonchev–Trinajstić information content (AvgIpc) is 2.76. The van der Waals surface area contributed by atoms with E-state index >= 15 is 0 Å². The lowest BCUT2D eigenvalue weighted by atomic mass is 10.1. The number of aliphatic hydroxyl groups is 1. The number of aliphatic hydroxyl groups excluding tert-OH is 1. The third-order valence-corrected chi connectivity index (χ3v) is 4.70. The lowest BCUT2D eigenvalue weighted by molar-refractivity contribution is 0.0643. The first kappa shape index (κ1) is 10.6. The predicted molar refractivity (Wildman–Crippen MR) is 63.3 cm³/mol. The number of rotatable bonds is 1. The van der Waals surface area contributed by atoms with Crippen molar-refractivity contribution in [2.75, 3.05) is 5.75 Å². The molecular weight excluding hydrogens is 222 g/mol. The van der Waals surface area contributed by atoms with Crippen LogP contribution in [0.5, 0.6) is 0 Å². The predicted octanol–water partition coefficient (Wildman–Crippen LogP) is 2.06. The molecule has 2 aliphatic rings. The molecule has 3 rings (SSSR count). The van der Waals surface area contributed by atoms with Gasteiger partial charge in [0.15, 0.2) is 5.82 Å². The number of nitrogens with zero attached hydrogens (tertiary/aromatic N) is 3. The molecule has 1 fully saturated rings. The maximum Gasteiger partial charge on any atom is 0.163 e. The van der Waals surface area contributed by atoms with Crippen molar-refractivity contribution < 1.29 is 5.11 Å². The molecule has 0 aliphatic carbocycles. The van der Waals surface area contributed by atoms with E-state index in [0.29, 0.717) is 5.25 Å². The van der Waals surface area contributed by atoms with Gasteiger partial charge in [0, 0.05) is 6.42 Å². The average molecular weight is 239 g/mol. The van der Waals surface area contributed by atoms with E-state index in [-0.39, 0.29) is 0 Å². The number of fused-ring (bicyclic) bond motifs is 1. The van der Waals surface area contributed by atoms with Crippen LogP contribution >= 0.6 is 11.8 Å². The summed E-state index contributed by atoms with van der Waals surface area (Å²) in [6, 6.07) is 0. The van der Waals surface area contributed by atoms with Gasteiger partial charge in [0.1, 0.15) is 12.1 Å². The number of hydrogen-bond donors (Lipinski definition) is 1. The van der Waals surface area contributed by atoms with Gasteiger partial charge in [0.2, 0.25) is 0 Å². The molecule has 16 heavy (non-hydrogen) atoms. The summed E-state index contributed by atoms with van der Waals surface area (Å²) in [6.07, 6.45) is 6.14. The minimum atomic E-state index is -0.446. The van der Waals surface area contributed by atoms with Crippen molar-refractivity contribution in [3.8, 4) is 0 Å².